The van der Waals surface area contributed by atoms with E-state index < -0.39 is 17.6 Å². The summed E-state index contributed by atoms with van der Waals surface area (Å²) in [5.41, 5.74) is 0.837. The summed E-state index contributed by atoms with van der Waals surface area (Å²) < 4.78 is 51.0. The zero-order valence-electron chi connectivity index (χ0n) is 9.64. The minimum atomic E-state index is -4.38. The fraction of sp³-hybridized carbons (Fsp3) is 0.143. The third-order valence-electron chi connectivity index (χ3n) is 2.71. The van der Waals surface area contributed by atoms with Gasteiger partial charge in [-0.15, -0.1) is 0 Å². The average Bonchev–Trinajstić information content (AvgIpc) is 2.38. The highest BCUT2D eigenvalue weighted by molar-refractivity contribution is 9.08. The SMILES string of the molecule is Fc1ccc(CBr)cc1-c1ccc(C(F)(F)F)cc1. The van der Waals surface area contributed by atoms with E-state index in [1.165, 1.54) is 18.2 Å². The Hall–Kier alpha value is -1.36. The predicted octanol–water partition coefficient (Wildman–Crippen LogP) is 5.41. The largest absolute Gasteiger partial charge is 0.416 e. The Morgan fingerprint density at radius 1 is 0.947 bits per heavy atom. The molecule has 0 unspecified atom stereocenters. The highest BCUT2D eigenvalue weighted by Gasteiger charge is 2.30. The fourth-order valence-corrected chi connectivity index (χ4v) is 2.06. The van der Waals surface area contributed by atoms with Gasteiger partial charge in [-0.25, -0.2) is 4.39 Å². The van der Waals surface area contributed by atoms with Gasteiger partial charge in [0.1, 0.15) is 5.82 Å². The zero-order valence-corrected chi connectivity index (χ0v) is 11.2. The van der Waals surface area contributed by atoms with Crippen molar-refractivity contribution < 1.29 is 17.6 Å². The molecule has 0 nitrogen and oxygen atoms in total. The molecule has 0 aliphatic heterocycles. The van der Waals surface area contributed by atoms with E-state index in [1.807, 2.05) is 0 Å². The molecule has 19 heavy (non-hydrogen) atoms. The summed E-state index contributed by atoms with van der Waals surface area (Å²) >= 11 is 3.26. The van der Waals surface area contributed by atoms with Crippen LogP contribution in [0.4, 0.5) is 17.6 Å². The van der Waals surface area contributed by atoms with Gasteiger partial charge in [0.2, 0.25) is 0 Å². The molecule has 2 rings (SSSR count). The molecule has 0 aromatic heterocycles. The van der Waals surface area contributed by atoms with Crippen molar-refractivity contribution in [3.8, 4) is 11.1 Å². The lowest BCUT2D eigenvalue weighted by Gasteiger charge is -2.09. The standard InChI is InChI=1S/C14H9BrF4/c15-8-9-1-6-13(16)12(7-9)10-2-4-11(5-3-10)14(17,18)19/h1-7H,8H2. The fourth-order valence-electron chi connectivity index (χ4n) is 1.72. The molecule has 100 valence electrons. The zero-order chi connectivity index (χ0) is 14.0. The van der Waals surface area contributed by atoms with E-state index in [4.69, 9.17) is 0 Å². The lowest BCUT2D eigenvalue weighted by molar-refractivity contribution is -0.137. The molecular formula is C14H9BrF4. The lowest BCUT2D eigenvalue weighted by atomic mass is 10.0. The lowest BCUT2D eigenvalue weighted by Crippen LogP contribution is -2.04. The van der Waals surface area contributed by atoms with Crippen LogP contribution in [0.1, 0.15) is 11.1 Å². The van der Waals surface area contributed by atoms with Crippen LogP contribution in [0.25, 0.3) is 11.1 Å². The van der Waals surface area contributed by atoms with Crippen LogP contribution >= 0.6 is 15.9 Å². The Morgan fingerprint density at radius 3 is 2.11 bits per heavy atom. The van der Waals surface area contributed by atoms with Crippen LogP contribution < -0.4 is 0 Å². The summed E-state index contributed by atoms with van der Waals surface area (Å²) in [7, 11) is 0. The summed E-state index contributed by atoms with van der Waals surface area (Å²) in [6.45, 7) is 0. The maximum Gasteiger partial charge on any atom is 0.416 e. The van der Waals surface area contributed by atoms with Gasteiger partial charge in [0.05, 0.1) is 5.56 Å². The van der Waals surface area contributed by atoms with Crippen LogP contribution in [0.5, 0.6) is 0 Å². The number of alkyl halides is 4. The van der Waals surface area contributed by atoms with Gasteiger partial charge in [-0.1, -0.05) is 34.1 Å². The molecule has 0 atom stereocenters. The molecule has 0 heterocycles. The van der Waals surface area contributed by atoms with Gasteiger partial charge < -0.3 is 0 Å². The second kappa shape index (κ2) is 5.33. The van der Waals surface area contributed by atoms with Gasteiger partial charge in [-0.05, 0) is 35.4 Å². The van der Waals surface area contributed by atoms with Gasteiger partial charge in [0, 0.05) is 10.9 Å². The van der Waals surface area contributed by atoms with Crippen molar-refractivity contribution in [2.24, 2.45) is 0 Å². The van der Waals surface area contributed by atoms with Crippen LogP contribution in [0.2, 0.25) is 0 Å². The smallest absolute Gasteiger partial charge is 0.206 e. The molecule has 0 spiro atoms. The Kier molecular flexibility index (Phi) is 3.94. The molecule has 0 saturated heterocycles. The van der Waals surface area contributed by atoms with E-state index in [1.54, 1.807) is 12.1 Å². The summed E-state index contributed by atoms with van der Waals surface area (Å²) in [6, 6.07) is 9.01. The molecule has 0 aliphatic rings. The van der Waals surface area contributed by atoms with Crippen molar-refractivity contribution >= 4 is 15.9 Å². The van der Waals surface area contributed by atoms with Gasteiger partial charge in [0.25, 0.3) is 0 Å². The maximum atomic E-state index is 13.7. The summed E-state index contributed by atoms with van der Waals surface area (Å²) in [5.74, 6) is -0.454. The Labute approximate surface area is 116 Å². The number of hydrogen-bond acceptors (Lipinski definition) is 0. The van der Waals surface area contributed by atoms with Crippen LogP contribution in [0.15, 0.2) is 42.5 Å². The van der Waals surface area contributed by atoms with Crippen LogP contribution in [0, 0.1) is 5.82 Å². The molecule has 0 aliphatic carbocycles. The maximum absolute atomic E-state index is 13.7. The first-order valence-electron chi connectivity index (χ1n) is 5.44. The van der Waals surface area contributed by atoms with E-state index in [2.05, 4.69) is 15.9 Å². The quantitative estimate of drug-likeness (QED) is 0.509. The highest BCUT2D eigenvalue weighted by atomic mass is 79.9. The van der Waals surface area contributed by atoms with Gasteiger partial charge >= 0.3 is 6.18 Å². The number of rotatable bonds is 2. The first-order valence-corrected chi connectivity index (χ1v) is 6.56. The molecule has 0 fully saturated rings. The topological polar surface area (TPSA) is 0 Å². The van der Waals surface area contributed by atoms with Crippen molar-refractivity contribution in [2.75, 3.05) is 0 Å². The third kappa shape index (κ3) is 3.15. The average molecular weight is 333 g/mol. The van der Waals surface area contributed by atoms with Crippen molar-refractivity contribution in [2.45, 2.75) is 11.5 Å². The molecule has 2 aromatic carbocycles. The first-order chi connectivity index (χ1) is 8.91. The molecule has 0 radical (unpaired) electrons. The van der Waals surface area contributed by atoms with E-state index in [9.17, 15) is 17.6 Å². The highest BCUT2D eigenvalue weighted by Crippen LogP contribution is 2.32. The molecule has 2 aromatic rings. The van der Waals surface area contributed by atoms with E-state index in [0.717, 1.165) is 17.7 Å². The van der Waals surface area contributed by atoms with Crippen molar-refractivity contribution in [1.29, 1.82) is 0 Å². The van der Waals surface area contributed by atoms with Crippen molar-refractivity contribution in [1.82, 2.24) is 0 Å². The van der Waals surface area contributed by atoms with Gasteiger partial charge in [-0.3, -0.25) is 0 Å². The second-order valence-electron chi connectivity index (χ2n) is 4.02. The predicted molar refractivity (Wildman–Crippen MR) is 69.5 cm³/mol. The van der Waals surface area contributed by atoms with Crippen molar-refractivity contribution in [3.05, 3.63) is 59.4 Å². The van der Waals surface area contributed by atoms with Gasteiger partial charge in [-0.2, -0.15) is 13.2 Å². The first kappa shape index (κ1) is 14.1. The van der Waals surface area contributed by atoms with Crippen LogP contribution in [-0.2, 0) is 11.5 Å². The second-order valence-corrected chi connectivity index (χ2v) is 4.58. The van der Waals surface area contributed by atoms with Crippen LogP contribution in [0.3, 0.4) is 0 Å². The minimum absolute atomic E-state index is 0.297. The number of benzene rings is 2. The summed E-state index contributed by atoms with van der Waals surface area (Å²) in [6.07, 6.45) is -4.38. The van der Waals surface area contributed by atoms with E-state index >= 15 is 0 Å². The molecule has 0 bridgehead atoms. The molecular weight excluding hydrogens is 324 g/mol. The van der Waals surface area contributed by atoms with E-state index in [0.29, 0.717) is 16.5 Å². The Morgan fingerprint density at radius 2 is 1.58 bits per heavy atom. The molecule has 5 heteroatoms. The van der Waals surface area contributed by atoms with Gasteiger partial charge in [0.15, 0.2) is 0 Å². The monoisotopic (exact) mass is 332 g/mol. The molecule has 0 N–H and O–H groups in total. The molecule has 0 saturated carbocycles. The summed E-state index contributed by atoms with van der Waals surface area (Å²) in [5, 5.41) is 0.556. The summed E-state index contributed by atoms with van der Waals surface area (Å²) in [4.78, 5) is 0. The number of hydrogen-bond donors (Lipinski definition) is 0. The molecule has 0 amide bonds. The number of halogens is 5. The Bertz CT molecular complexity index is 573. The third-order valence-corrected chi connectivity index (χ3v) is 3.36. The normalized spacial score (nSPS) is 11.6. The Balaban J connectivity index is 2.42. The van der Waals surface area contributed by atoms with Crippen LogP contribution in [-0.4, -0.2) is 0 Å². The minimum Gasteiger partial charge on any atom is -0.206 e. The van der Waals surface area contributed by atoms with Crippen molar-refractivity contribution in [3.63, 3.8) is 0 Å². The van der Waals surface area contributed by atoms with E-state index in [-0.39, 0.29) is 0 Å².